The number of alkyl halides is 3. The summed E-state index contributed by atoms with van der Waals surface area (Å²) >= 11 is 8.03. The van der Waals surface area contributed by atoms with Gasteiger partial charge in [-0.25, -0.2) is 9.37 Å². The van der Waals surface area contributed by atoms with Gasteiger partial charge in [-0.3, -0.25) is 0 Å². The lowest BCUT2D eigenvalue weighted by atomic mass is 10.0. The number of pyridine rings is 1. The molecule has 1 aliphatic heterocycles. The zero-order valence-corrected chi connectivity index (χ0v) is 15.6. The van der Waals surface area contributed by atoms with Crippen molar-refractivity contribution in [3.8, 4) is 0 Å². The molecule has 0 saturated carbocycles. The number of fused-ring (bicyclic) bond motifs is 1. The Hall–Kier alpha value is -1.44. The van der Waals surface area contributed by atoms with Gasteiger partial charge < -0.3 is 10.6 Å². The number of hydrogen-bond acceptors (Lipinski definition) is 4. The largest absolute Gasteiger partial charge is 0.352 e. The van der Waals surface area contributed by atoms with Gasteiger partial charge in [0.05, 0.1) is 5.02 Å². The zero-order chi connectivity index (χ0) is 18.6. The van der Waals surface area contributed by atoms with E-state index in [-0.39, 0.29) is 5.82 Å². The summed E-state index contributed by atoms with van der Waals surface area (Å²) in [5.74, 6) is 0.565. The Labute approximate surface area is 159 Å². The molecule has 0 saturated heterocycles. The second kappa shape index (κ2) is 8.50. The molecule has 0 amide bonds. The fourth-order valence-corrected chi connectivity index (χ4v) is 4.26. The predicted octanol–water partition coefficient (Wildman–Crippen LogP) is 4.69. The van der Waals surface area contributed by atoms with Gasteiger partial charge in [-0.1, -0.05) is 23.7 Å². The van der Waals surface area contributed by atoms with Gasteiger partial charge in [0.1, 0.15) is 5.82 Å². The SMILES string of the molecule is FCC(F)(F)Nc1ccc(CSc2c(Cl)ccc3c2CCNCC3)cn1. The highest BCUT2D eigenvalue weighted by Gasteiger charge is 2.28. The van der Waals surface area contributed by atoms with Gasteiger partial charge in [0.2, 0.25) is 0 Å². The third-order valence-electron chi connectivity index (χ3n) is 4.12. The highest BCUT2D eigenvalue weighted by atomic mass is 35.5. The molecule has 0 radical (unpaired) electrons. The average molecular weight is 402 g/mol. The molecule has 2 aromatic rings. The van der Waals surface area contributed by atoms with E-state index in [9.17, 15) is 13.2 Å². The van der Waals surface area contributed by atoms with Crippen molar-refractivity contribution in [3.63, 3.8) is 0 Å². The molecule has 1 aliphatic rings. The maximum absolute atomic E-state index is 13.0. The second-order valence-corrected chi connectivity index (χ2v) is 7.46. The molecule has 3 nitrogen and oxygen atoms in total. The molecule has 0 spiro atoms. The molecule has 2 N–H and O–H groups in total. The summed E-state index contributed by atoms with van der Waals surface area (Å²) in [6.45, 7) is 0.102. The van der Waals surface area contributed by atoms with E-state index in [1.54, 1.807) is 23.1 Å². The lowest BCUT2D eigenvalue weighted by Gasteiger charge is -2.15. The Morgan fingerprint density at radius 1 is 1.19 bits per heavy atom. The van der Waals surface area contributed by atoms with Crippen LogP contribution in [0.2, 0.25) is 5.02 Å². The number of thioether (sulfide) groups is 1. The number of nitrogens with one attached hydrogen (secondary N) is 2. The quantitative estimate of drug-likeness (QED) is 0.544. The highest BCUT2D eigenvalue weighted by molar-refractivity contribution is 7.98. The maximum Gasteiger partial charge on any atom is 0.352 e. The first-order valence-corrected chi connectivity index (χ1v) is 9.65. The first kappa shape index (κ1) is 19.3. The molecule has 26 heavy (non-hydrogen) atoms. The smallest absolute Gasteiger partial charge is 0.316 e. The third-order valence-corrected chi connectivity index (χ3v) is 5.78. The van der Waals surface area contributed by atoms with Crippen LogP contribution >= 0.6 is 23.4 Å². The molecule has 1 aromatic carbocycles. The summed E-state index contributed by atoms with van der Waals surface area (Å²) in [6, 6.07) is 3.54. The van der Waals surface area contributed by atoms with Crippen molar-refractivity contribution in [1.82, 2.24) is 10.3 Å². The van der Waals surface area contributed by atoms with E-state index in [1.807, 2.05) is 6.07 Å². The van der Waals surface area contributed by atoms with Crippen molar-refractivity contribution < 1.29 is 13.2 Å². The standard InChI is InChI=1S/C18H19ClF3N3S/c19-15-3-2-13-5-7-23-8-6-14(13)17(15)26-10-12-1-4-16(24-9-12)25-18(21,22)11-20/h1-4,9,23H,5-8,10-11H2,(H,24,25). The first-order chi connectivity index (χ1) is 12.5. The van der Waals surface area contributed by atoms with Gasteiger partial charge in [-0.2, -0.15) is 8.78 Å². The summed E-state index contributed by atoms with van der Waals surface area (Å²) in [5, 5.41) is 5.88. The molecule has 8 heteroatoms. The summed E-state index contributed by atoms with van der Waals surface area (Å²) < 4.78 is 38.2. The molecule has 0 atom stereocenters. The number of rotatable bonds is 6. The monoisotopic (exact) mass is 401 g/mol. The van der Waals surface area contributed by atoms with Gasteiger partial charge in [-0.15, -0.1) is 11.8 Å². The summed E-state index contributed by atoms with van der Waals surface area (Å²) in [5.41, 5.74) is 3.47. The maximum atomic E-state index is 13.0. The molecule has 2 heterocycles. The normalized spacial score (nSPS) is 14.6. The van der Waals surface area contributed by atoms with Crippen LogP contribution in [0.25, 0.3) is 0 Å². The van der Waals surface area contributed by atoms with Crippen molar-refractivity contribution in [3.05, 3.63) is 52.2 Å². The summed E-state index contributed by atoms with van der Waals surface area (Å²) in [7, 11) is 0. The average Bonchev–Trinajstić information content (AvgIpc) is 2.87. The molecule has 0 unspecified atom stereocenters. The molecule has 0 bridgehead atoms. The lowest BCUT2D eigenvalue weighted by molar-refractivity contribution is 0.00645. The number of nitrogens with zero attached hydrogens (tertiary/aromatic N) is 1. The highest BCUT2D eigenvalue weighted by Crippen LogP contribution is 2.36. The number of hydrogen-bond donors (Lipinski definition) is 2. The number of halogens is 4. The lowest BCUT2D eigenvalue weighted by Crippen LogP contribution is -2.30. The number of anilines is 1. The van der Waals surface area contributed by atoms with Gasteiger partial charge >= 0.3 is 6.05 Å². The molecule has 0 aliphatic carbocycles. The number of aromatic nitrogens is 1. The molecule has 3 rings (SSSR count). The van der Waals surface area contributed by atoms with E-state index < -0.39 is 12.7 Å². The van der Waals surface area contributed by atoms with Crippen molar-refractivity contribution >= 4 is 29.2 Å². The second-order valence-electron chi connectivity index (χ2n) is 6.07. The van der Waals surface area contributed by atoms with Crippen LogP contribution in [0, 0.1) is 0 Å². The molecule has 0 fully saturated rings. The van der Waals surface area contributed by atoms with Gasteiger partial charge in [0.25, 0.3) is 0 Å². The Bertz CT molecular complexity index is 756. The van der Waals surface area contributed by atoms with E-state index in [0.717, 1.165) is 41.4 Å². The number of benzene rings is 1. The van der Waals surface area contributed by atoms with Crippen LogP contribution < -0.4 is 10.6 Å². The van der Waals surface area contributed by atoms with Crippen LogP contribution in [0.5, 0.6) is 0 Å². The van der Waals surface area contributed by atoms with Crippen molar-refractivity contribution in [2.24, 2.45) is 0 Å². The molecular formula is C18H19ClF3N3S. The minimum absolute atomic E-state index is 0.0564. The molecule has 1 aromatic heterocycles. The Balaban J connectivity index is 1.70. The van der Waals surface area contributed by atoms with Crippen LogP contribution in [0.1, 0.15) is 16.7 Å². The van der Waals surface area contributed by atoms with Gasteiger partial charge in [-0.05, 0) is 54.8 Å². The van der Waals surface area contributed by atoms with Crippen molar-refractivity contribution in [2.75, 3.05) is 25.1 Å². The van der Waals surface area contributed by atoms with Crippen LogP contribution in [0.4, 0.5) is 19.0 Å². The van der Waals surface area contributed by atoms with E-state index in [2.05, 4.69) is 16.4 Å². The third kappa shape index (κ3) is 4.84. The summed E-state index contributed by atoms with van der Waals surface area (Å²) in [6.07, 6.45) is 3.42. The minimum Gasteiger partial charge on any atom is -0.316 e. The van der Waals surface area contributed by atoms with Crippen molar-refractivity contribution in [1.29, 1.82) is 0 Å². The molecule has 140 valence electrons. The Kier molecular flexibility index (Phi) is 6.32. The first-order valence-electron chi connectivity index (χ1n) is 8.29. The van der Waals surface area contributed by atoms with Crippen LogP contribution in [0.3, 0.4) is 0 Å². The van der Waals surface area contributed by atoms with Crippen LogP contribution in [-0.2, 0) is 18.6 Å². The Morgan fingerprint density at radius 2 is 2.00 bits per heavy atom. The van der Waals surface area contributed by atoms with E-state index in [1.165, 1.54) is 23.4 Å². The van der Waals surface area contributed by atoms with Gasteiger partial charge in [0, 0.05) is 16.8 Å². The zero-order valence-electron chi connectivity index (χ0n) is 14.0. The van der Waals surface area contributed by atoms with E-state index >= 15 is 0 Å². The summed E-state index contributed by atoms with van der Waals surface area (Å²) in [4.78, 5) is 5.00. The van der Waals surface area contributed by atoms with Gasteiger partial charge in [0.15, 0.2) is 6.67 Å². The van der Waals surface area contributed by atoms with Crippen LogP contribution in [0.15, 0.2) is 35.4 Å². The van der Waals surface area contributed by atoms with Crippen LogP contribution in [-0.4, -0.2) is 30.8 Å². The Morgan fingerprint density at radius 3 is 2.73 bits per heavy atom. The van der Waals surface area contributed by atoms with Crippen molar-refractivity contribution in [2.45, 2.75) is 29.5 Å². The minimum atomic E-state index is -3.60. The fraction of sp³-hybridized carbons (Fsp3) is 0.389. The van der Waals surface area contributed by atoms with E-state index in [4.69, 9.17) is 11.6 Å². The van der Waals surface area contributed by atoms with E-state index in [0.29, 0.717) is 5.75 Å². The molecular weight excluding hydrogens is 383 g/mol. The topological polar surface area (TPSA) is 37.0 Å². The predicted molar refractivity (Wildman–Crippen MR) is 100 cm³/mol. The fourth-order valence-electron chi connectivity index (χ4n) is 2.83.